The molecule has 0 saturated carbocycles. The highest BCUT2D eigenvalue weighted by Crippen LogP contribution is 2.44. The van der Waals surface area contributed by atoms with Crippen LogP contribution in [0.25, 0.3) is 0 Å². The lowest BCUT2D eigenvalue weighted by Crippen LogP contribution is -2.46. The summed E-state index contributed by atoms with van der Waals surface area (Å²) in [5.41, 5.74) is 7.72. The Labute approximate surface area is 282 Å². The molecule has 0 amide bonds. The van der Waals surface area contributed by atoms with Crippen molar-refractivity contribution >= 4 is 41.4 Å². The van der Waals surface area contributed by atoms with Crippen molar-refractivity contribution in [1.29, 1.82) is 0 Å². The number of nitrogens with zero attached hydrogens (tertiary/aromatic N) is 2. The van der Waals surface area contributed by atoms with E-state index in [4.69, 9.17) is 26.2 Å². The number of hydrogen-bond donors (Lipinski definition) is 6. The average Bonchev–Trinajstić information content (AvgIpc) is 3.19. The Balaban J connectivity index is 0.000000223. The van der Waals surface area contributed by atoms with Gasteiger partial charge in [0.1, 0.15) is 5.54 Å². The van der Waals surface area contributed by atoms with Crippen LogP contribution in [0.4, 0.5) is 0 Å². The van der Waals surface area contributed by atoms with Crippen LogP contribution >= 0.6 is 23.5 Å². The summed E-state index contributed by atoms with van der Waals surface area (Å²) in [6, 6.07) is 20.6. The number of aliphatic carboxylic acids is 3. The second kappa shape index (κ2) is 17.2. The van der Waals surface area contributed by atoms with Crippen LogP contribution in [-0.4, -0.2) is 98.3 Å². The Morgan fingerprint density at radius 1 is 0.915 bits per heavy atom. The summed E-state index contributed by atoms with van der Waals surface area (Å²) in [4.78, 5) is 39.2. The van der Waals surface area contributed by atoms with Crippen molar-refractivity contribution in [1.82, 2.24) is 9.80 Å². The molecule has 13 heteroatoms. The SMILES string of the molecule is CC(N)(Cc1ccc(O)c(O)c1)C(=O)O.CSc1ccc2c(c1)C(N1CCN(C)CC1)Cc1ccccc1S2.O=C(O)C=CC(=O)O. The predicted octanol–water partition coefficient (Wildman–Crippen LogP) is 4.56. The van der Waals surface area contributed by atoms with Crippen molar-refractivity contribution in [3.8, 4) is 11.5 Å². The van der Waals surface area contributed by atoms with Crippen molar-refractivity contribution in [2.45, 2.75) is 46.0 Å². The van der Waals surface area contributed by atoms with E-state index in [1.54, 1.807) is 0 Å². The lowest BCUT2D eigenvalue weighted by atomic mass is 9.94. The van der Waals surface area contributed by atoms with Crippen molar-refractivity contribution in [2.75, 3.05) is 39.5 Å². The quantitative estimate of drug-likeness (QED) is 0.116. The van der Waals surface area contributed by atoms with E-state index in [2.05, 4.69) is 65.6 Å². The van der Waals surface area contributed by atoms with Gasteiger partial charge in [0.25, 0.3) is 0 Å². The highest BCUT2D eigenvalue weighted by molar-refractivity contribution is 7.99. The Hall–Kier alpha value is -4.01. The Morgan fingerprint density at radius 2 is 1.55 bits per heavy atom. The van der Waals surface area contributed by atoms with Gasteiger partial charge in [0.2, 0.25) is 0 Å². The summed E-state index contributed by atoms with van der Waals surface area (Å²) in [6.07, 6.45) is 4.49. The normalized spacial score (nSPS) is 17.4. The number of phenols is 2. The lowest BCUT2D eigenvalue weighted by Gasteiger charge is -2.38. The third-order valence-corrected chi connectivity index (χ3v) is 9.56. The average molecular weight is 684 g/mol. The van der Waals surface area contributed by atoms with E-state index in [-0.39, 0.29) is 17.9 Å². The molecule has 1 saturated heterocycles. The molecule has 252 valence electrons. The van der Waals surface area contributed by atoms with E-state index in [0.29, 0.717) is 23.8 Å². The maximum Gasteiger partial charge on any atom is 0.328 e. The predicted molar refractivity (Wildman–Crippen MR) is 182 cm³/mol. The van der Waals surface area contributed by atoms with Gasteiger partial charge in [-0.3, -0.25) is 9.69 Å². The van der Waals surface area contributed by atoms with E-state index in [9.17, 15) is 19.5 Å². The van der Waals surface area contributed by atoms with Gasteiger partial charge in [-0.1, -0.05) is 36.0 Å². The molecular weight excluding hydrogens is 643 g/mol. The molecule has 11 nitrogen and oxygen atoms in total. The number of carbonyl (C=O) groups is 3. The van der Waals surface area contributed by atoms with Crippen LogP contribution < -0.4 is 5.73 Å². The van der Waals surface area contributed by atoms with Crippen LogP contribution in [0, 0.1) is 0 Å². The summed E-state index contributed by atoms with van der Waals surface area (Å²) in [5, 5.41) is 42.7. The second-order valence-corrected chi connectivity index (χ2v) is 13.4. The molecule has 2 unspecified atom stereocenters. The van der Waals surface area contributed by atoms with Gasteiger partial charge in [0.05, 0.1) is 0 Å². The molecule has 0 aliphatic carbocycles. The van der Waals surface area contributed by atoms with Crippen LogP contribution in [-0.2, 0) is 27.2 Å². The monoisotopic (exact) mass is 683 g/mol. The summed E-state index contributed by atoms with van der Waals surface area (Å²) < 4.78 is 0. The smallest absolute Gasteiger partial charge is 0.328 e. The molecule has 7 N–H and O–H groups in total. The van der Waals surface area contributed by atoms with E-state index < -0.39 is 23.4 Å². The van der Waals surface area contributed by atoms with E-state index in [1.807, 2.05) is 23.5 Å². The molecule has 2 aliphatic rings. The molecule has 0 spiro atoms. The van der Waals surface area contributed by atoms with E-state index >= 15 is 0 Å². The zero-order valence-corrected chi connectivity index (χ0v) is 28.1. The first-order valence-corrected chi connectivity index (χ1v) is 16.8. The maximum absolute atomic E-state index is 10.7. The van der Waals surface area contributed by atoms with Crippen molar-refractivity contribution < 1.29 is 39.9 Å². The summed E-state index contributed by atoms with van der Waals surface area (Å²) in [5.74, 6) is -4.16. The van der Waals surface area contributed by atoms with E-state index in [0.717, 1.165) is 19.5 Å². The Kier molecular flexibility index (Phi) is 13.7. The number of aromatic hydroxyl groups is 2. The van der Waals surface area contributed by atoms with Gasteiger partial charge in [-0.15, -0.1) is 11.8 Å². The van der Waals surface area contributed by atoms with Gasteiger partial charge < -0.3 is 36.2 Å². The van der Waals surface area contributed by atoms with Crippen molar-refractivity contribution in [2.24, 2.45) is 5.73 Å². The minimum atomic E-state index is -1.39. The Bertz CT molecular complexity index is 1570. The molecule has 47 heavy (non-hydrogen) atoms. The second-order valence-electron chi connectivity index (χ2n) is 11.4. The number of phenolic OH excluding ortho intramolecular Hbond substituents is 2. The fourth-order valence-corrected chi connectivity index (χ4v) is 6.56. The zero-order chi connectivity index (χ0) is 34.7. The zero-order valence-electron chi connectivity index (χ0n) is 26.5. The molecule has 2 aliphatic heterocycles. The maximum atomic E-state index is 10.7. The van der Waals surface area contributed by atoms with E-state index in [1.165, 1.54) is 64.0 Å². The molecule has 0 aromatic heterocycles. The van der Waals surface area contributed by atoms with Gasteiger partial charge in [-0.25, -0.2) is 9.59 Å². The lowest BCUT2D eigenvalue weighted by molar-refractivity contribution is -0.142. The number of fused-ring (bicyclic) bond motifs is 2. The number of thioether (sulfide) groups is 1. The third kappa shape index (κ3) is 11.3. The minimum Gasteiger partial charge on any atom is -0.504 e. The highest BCUT2D eigenvalue weighted by Gasteiger charge is 2.30. The summed E-state index contributed by atoms with van der Waals surface area (Å²) >= 11 is 3.79. The van der Waals surface area contributed by atoms with Crippen molar-refractivity contribution in [3.05, 3.63) is 89.5 Å². The molecular formula is C34H41N3O8S2. The minimum absolute atomic E-state index is 0.0795. The number of likely N-dealkylation sites (N-methyl/N-ethyl adjacent to an activating group) is 1. The number of carboxylic acid groups (broad SMARTS) is 3. The molecule has 1 fully saturated rings. The molecule has 2 atom stereocenters. The molecule has 2 heterocycles. The largest absolute Gasteiger partial charge is 0.504 e. The fourth-order valence-electron chi connectivity index (χ4n) is 5.00. The first-order chi connectivity index (χ1) is 22.2. The van der Waals surface area contributed by atoms with Gasteiger partial charge in [0, 0.05) is 65.5 Å². The van der Waals surface area contributed by atoms with Gasteiger partial charge >= 0.3 is 17.9 Å². The van der Waals surface area contributed by atoms with Gasteiger partial charge in [0.15, 0.2) is 11.5 Å². The first-order valence-electron chi connectivity index (χ1n) is 14.7. The standard InChI is InChI=1S/C20H24N2S2.C10H13NO4.C4H4O4/c1-21-9-11-22(12-10-21)18-13-15-5-3-4-6-19(15)24-20-8-7-16(23-2)14-17(18)20;1-10(11,9(14)15)5-6-2-3-7(12)8(13)4-6;5-3(6)1-2-4(7)8/h3-8,14,18H,9-13H2,1-2H3;2-4,12-13H,5,11H2,1H3,(H,14,15);1-2H,(H,5,6)(H,7,8). The van der Waals surface area contributed by atoms with Crippen LogP contribution in [0.15, 0.2) is 87.5 Å². The number of rotatable bonds is 7. The highest BCUT2D eigenvalue weighted by atomic mass is 32.2. The summed E-state index contributed by atoms with van der Waals surface area (Å²) in [7, 11) is 2.23. The Morgan fingerprint density at radius 3 is 2.13 bits per heavy atom. The number of hydrogen-bond acceptors (Lipinski definition) is 10. The number of carboxylic acids is 3. The molecule has 0 bridgehead atoms. The molecule has 3 aromatic carbocycles. The van der Waals surface area contributed by atoms with Gasteiger partial charge in [-0.05, 0) is 79.7 Å². The third-order valence-electron chi connectivity index (χ3n) is 7.63. The fraction of sp³-hybridized carbons (Fsp3) is 0.324. The topological polar surface area (TPSA) is 185 Å². The summed E-state index contributed by atoms with van der Waals surface area (Å²) in [6.45, 7) is 6.05. The number of nitrogens with two attached hydrogens (primary N) is 1. The van der Waals surface area contributed by atoms with Crippen LogP contribution in [0.5, 0.6) is 11.5 Å². The molecule has 5 rings (SSSR count). The van der Waals surface area contributed by atoms with Crippen molar-refractivity contribution in [3.63, 3.8) is 0 Å². The number of piperazine rings is 1. The first kappa shape index (κ1) is 37.4. The van der Waals surface area contributed by atoms with Crippen LogP contribution in [0.2, 0.25) is 0 Å². The van der Waals surface area contributed by atoms with Gasteiger partial charge in [-0.2, -0.15) is 0 Å². The molecule has 0 radical (unpaired) electrons. The van der Waals surface area contributed by atoms with Crippen LogP contribution in [0.3, 0.4) is 0 Å². The van der Waals surface area contributed by atoms with Crippen LogP contribution in [0.1, 0.15) is 29.7 Å². The molecule has 3 aromatic rings. The number of benzene rings is 3.